The highest BCUT2D eigenvalue weighted by Crippen LogP contribution is 2.46. The summed E-state index contributed by atoms with van der Waals surface area (Å²) in [7, 11) is 0. The number of rotatable bonds is 2. The van der Waals surface area contributed by atoms with Crippen LogP contribution in [-0.4, -0.2) is 18.2 Å². The molecule has 1 saturated heterocycles. The van der Waals surface area contributed by atoms with E-state index in [1.54, 1.807) is 0 Å². The molecule has 1 heterocycles. The molecule has 3 rings (SSSR count). The highest BCUT2D eigenvalue weighted by Gasteiger charge is 2.45. The molecule has 2 fully saturated rings. The van der Waals surface area contributed by atoms with Gasteiger partial charge in [-0.25, -0.2) is 0 Å². The van der Waals surface area contributed by atoms with Crippen LogP contribution in [0.3, 0.4) is 0 Å². The van der Waals surface area contributed by atoms with Crippen LogP contribution < -0.4 is 4.90 Å². The zero-order valence-corrected chi connectivity index (χ0v) is 10.1. The third kappa shape index (κ3) is 1.68. The van der Waals surface area contributed by atoms with Crippen molar-refractivity contribution in [3.05, 3.63) is 28.2 Å². The summed E-state index contributed by atoms with van der Waals surface area (Å²) in [4.78, 5) is 2.45. The van der Waals surface area contributed by atoms with E-state index in [-0.39, 0.29) is 6.61 Å². The van der Waals surface area contributed by atoms with Gasteiger partial charge in [0.1, 0.15) is 0 Å². The minimum absolute atomic E-state index is 0.103. The smallest absolute Gasteiger partial charge is 0.0692 e. The Bertz CT molecular complexity index is 383. The summed E-state index contributed by atoms with van der Waals surface area (Å²) in [6.45, 7) is 2.54. The molecule has 0 spiro atoms. The molecule has 0 bridgehead atoms. The molecule has 80 valence electrons. The Labute approximate surface area is 98.0 Å². The monoisotopic (exact) mass is 267 g/mol. The second-order valence-electron chi connectivity index (χ2n) is 4.59. The SMILES string of the molecule is OCc1ccc(N2CC3CC3C2)cc1Br. The van der Waals surface area contributed by atoms with Crippen molar-refractivity contribution in [1.82, 2.24) is 0 Å². The predicted molar refractivity (Wildman–Crippen MR) is 63.9 cm³/mol. The van der Waals surface area contributed by atoms with E-state index in [4.69, 9.17) is 5.11 Å². The van der Waals surface area contributed by atoms with Gasteiger partial charge >= 0.3 is 0 Å². The minimum Gasteiger partial charge on any atom is -0.392 e. The first-order chi connectivity index (χ1) is 7.28. The normalized spacial score (nSPS) is 28.0. The molecule has 1 aliphatic carbocycles. The van der Waals surface area contributed by atoms with Crippen molar-refractivity contribution in [3.8, 4) is 0 Å². The van der Waals surface area contributed by atoms with Crippen LogP contribution in [0.5, 0.6) is 0 Å². The number of piperidine rings is 1. The molecular weight excluding hydrogens is 254 g/mol. The zero-order valence-electron chi connectivity index (χ0n) is 8.49. The fourth-order valence-corrected chi connectivity index (χ4v) is 2.96. The Morgan fingerprint density at radius 1 is 1.33 bits per heavy atom. The van der Waals surface area contributed by atoms with Gasteiger partial charge in [-0.05, 0) is 36.0 Å². The molecule has 15 heavy (non-hydrogen) atoms. The van der Waals surface area contributed by atoms with Crippen LogP contribution in [0.4, 0.5) is 5.69 Å². The third-order valence-electron chi connectivity index (χ3n) is 3.55. The van der Waals surface area contributed by atoms with Crippen molar-refractivity contribution in [3.63, 3.8) is 0 Å². The molecule has 2 nitrogen and oxygen atoms in total. The lowest BCUT2D eigenvalue weighted by Crippen LogP contribution is -2.21. The summed E-state index contributed by atoms with van der Waals surface area (Å²) in [5.74, 6) is 1.92. The molecule has 1 aromatic rings. The average molecular weight is 268 g/mol. The van der Waals surface area contributed by atoms with Crippen molar-refractivity contribution in [1.29, 1.82) is 0 Å². The first kappa shape index (κ1) is 9.67. The van der Waals surface area contributed by atoms with Crippen molar-refractivity contribution in [2.24, 2.45) is 11.8 Å². The fraction of sp³-hybridized carbons (Fsp3) is 0.500. The summed E-state index contributed by atoms with van der Waals surface area (Å²) in [6, 6.07) is 6.24. The van der Waals surface area contributed by atoms with Gasteiger partial charge in [0, 0.05) is 23.2 Å². The standard InChI is InChI=1S/C12H14BrNO/c13-12-4-11(2-1-8(12)7-15)14-5-9-3-10(9)6-14/h1-2,4,9-10,15H,3,5-7H2. The van der Waals surface area contributed by atoms with E-state index in [2.05, 4.69) is 33.0 Å². The Hall–Kier alpha value is -0.540. The van der Waals surface area contributed by atoms with Crippen LogP contribution in [-0.2, 0) is 6.61 Å². The van der Waals surface area contributed by atoms with E-state index < -0.39 is 0 Å². The number of hydrogen-bond donors (Lipinski definition) is 1. The highest BCUT2D eigenvalue weighted by atomic mass is 79.9. The van der Waals surface area contributed by atoms with E-state index in [0.717, 1.165) is 21.9 Å². The van der Waals surface area contributed by atoms with E-state index >= 15 is 0 Å². The van der Waals surface area contributed by atoms with E-state index in [1.807, 2.05) is 6.07 Å². The molecule has 0 amide bonds. The lowest BCUT2D eigenvalue weighted by atomic mass is 10.2. The highest BCUT2D eigenvalue weighted by molar-refractivity contribution is 9.10. The molecule has 3 heteroatoms. The fourth-order valence-electron chi connectivity index (χ4n) is 2.47. The van der Waals surface area contributed by atoms with E-state index in [1.165, 1.54) is 25.2 Å². The molecule has 2 atom stereocenters. The molecule has 2 aliphatic rings. The van der Waals surface area contributed by atoms with Gasteiger partial charge in [-0.2, -0.15) is 0 Å². The number of fused-ring (bicyclic) bond motifs is 1. The van der Waals surface area contributed by atoms with Gasteiger partial charge < -0.3 is 10.0 Å². The Kier molecular flexibility index (Phi) is 2.25. The number of benzene rings is 1. The minimum atomic E-state index is 0.103. The maximum Gasteiger partial charge on any atom is 0.0692 e. The number of nitrogens with zero attached hydrogens (tertiary/aromatic N) is 1. The first-order valence-electron chi connectivity index (χ1n) is 5.42. The average Bonchev–Trinajstić information content (AvgIpc) is 2.86. The summed E-state index contributed by atoms with van der Waals surface area (Å²) >= 11 is 3.49. The van der Waals surface area contributed by atoms with Gasteiger partial charge in [-0.3, -0.25) is 0 Å². The summed E-state index contributed by atoms with van der Waals surface area (Å²) in [5, 5.41) is 9.08. The third-order valence-corrected chi connectivity index (χ3v) is 4.29. The molecule has 0 aromatic heterocycles. The van der Waals surface area contributed by atoms with Crippen molar-refractivity contribution < 1.29 is 5.11 Å². The summed E-state index contributed by atoms with van der Waals surface area (Å²) in [5.41, 5.74) is 2.24. The van der Waals surface area contributed by atoms with Crippen LogP contribution >= 0.6 is 15.9 Å². The predicted octanol–water partition coefficient (Wildman–Crippen LogP) is 2.40. The molecule has 1 saturated carbocycles. The quantitative estimate of drug-likeness (QED) is 0.890. The van der Waals surface area contributed by atoms with Crippen LogP contribution in [0.25, 0.3) is 0 Å². The second-order valence-corrected chi connectivity index (χ2v) is 5.45. The van der Waals surface area contributed by atoms with Crippen LogP contribution in [0, 0.1) is 11.8 Å². The molecule has 0 radical (unpaired) electrons. The van der Waals surface area contributed by atoms with Crippen molar-refractivity contribution in [2.75, 3.05) is 18.0 Å². The van der Waals surface area contributed by atoms with Gasteiger partial charge in [0.2, 0.25) is 0 Å². The number of hydrogen-bond acceptors (Lipinski definition) is 2. The maximum absolute atomic E-state index is 9.08. The van der Waals surface area contributed by atoms with E-state index in [9.17, 15) is 0 Å². The first-order valence-corrected chi connectivity index (χ1v) is 6.21. The zero-order chi connectivity index (χ0) is 10.4. The van der Waals surface area contributed by atoms with Crippen LogP contribution in [0.15, 0.2) is 22.7 Å². The second kappa shape index (κ2) is 3.49. The van der Waals surface area contributed by atoms with Gasteiger partial charge in [0.05, 0.1) is 6.61 Å². The Balaban J connectivity index is 1.83. The van der Waals surface area contributed by atoms with Crippen molar-refractivity contribution in [2.45, 2.75) is 13.0 Å². The largest absolute Gasteiger partial charge is 0.392 e. The lowest BCUT2D eigenvalue weighted by Gasteiger charge is -2.21. The topological polar surface area (TPSA) is 23.5 Å². The maximum atomic E-state index is 9.08. The number of anilines is 1. The summed E-state index contributed by atoms with van der Waals surface area (Å²) < 4.78 is 1.02. The Morgan fingerprint density at radius 2 is 2.07 bits per heavy atom. The number of halogens is 1. The lowest BCUT2D eigenvalue weighted by molar-refractivity contribution is 0.281. The van der Waals surface area contributed by atoms with Gasteiger partial charge in [0.25, 0.3) is 0 Å². The number of aliphatic hydroxyl groups is 1. The molecule has 1 aromatic carbocycles. The summed E-state index contributed by atoms with van der Waals surface area (Å²) in [6.07, 6.45) is 1.44. The van der Waals surface area contributed by atoms with Gasteiger partial charge in [-0.1, -0.05) is 22.0 Å². The van der Waals surface area contributed by atoms with Gasteiger partial charge in [0.15, 0.2) is 0 Å². The van der Waals surface area contributed by atoms with Crippen molar-refractivity contribution >= 4 is 21.6 Å². The van der Waals surface area contributed by atoms with Crippen LogP contribution in [0.2, 0.25) is 0 Å². The van der Waals surface area contributed by atoms with Crippen LogP contribution in [0.1, 0.15) is 12.0 Å². The molecule has 1 N–H and O–H groups in total. The molecule has 1 aliphatic heterocycles. The Morgan fingerprint density at radius 3 is 2.67 bits per heavy atom. The number of aliphatic hydroxyl groups excluding tert-OH is 1. The van der Waals surface area contributed by atoms with E-state index in [0.29, 0.717) is 0 Å². The molecular formula is C12H14BrNO. The molecule has 2 unspecified atom stereocenters. The van der Waals surface area contributed by atoms with Gasteiger partial charge in [-0.15, -0.1) is 0 Å².